The van der Waals surface area contributed by atoms with Crippen molar-refractivity contribution in [3.05, 3.63) is 35.4 Å². The first-order chi connectivity index (χ1) is 14.7. The number of aliphatic hydroxyl groups excluding tert-OH is 1. The first-order valence-corrected chi connectivity index (χ1v) is 11.4. The van der Waals surface area contributed by atoms with E-state index in [1.807, 2.05) is 12.9 Å². The van der Waals surface area contributed by atoms with Crippen LogP contribution in [-0.4, -0.2) is 47.7 Å². The average molecular weight is 433 g/mol. The molecule has 1 amide bonds. The normalized spacial score (nSPS) is 30.3. The van der Waals surface area contributed by atoms with Crippen molar-refractivity contribution in [1.29, 1.82) is 0 Å². The van der Waals surface area contributed by atoms with Gasteiger partial charge in [-0.2, -0.15) is 5.06 Å². The first-order valence-electron chi connectivity index (χ1n) is 11.4. The third kappa shape index (κ3) is 6.37. The number of carbonyl (C=O) groups is 2. The highest BCUT2D eigenvalue weighted by molar-refractivity contribution is 5.82. The fraction of sp³-hybridized carbons (Fsp3) is 0.680. The second kappa shape index (κ2) is 11.2. The van der Waals surface area contributed by atoms with Crippen LogP contribution in [0.2, 0.25) is 0 Å². The van der Waals surface area contributed by atoms with Gasteiger partial charge in [0.15, 0.2) is 0 Å². The van der Waals surface area contributed by atoms with Crippen LogP contribution in [-0.2, 0) is 21.0 Å². The Balaban J connectivity index is 0.00000166. The van der Waals surface area contributed by atoms with Crippen LogP contribution in [0, 0.1) is 24.2 Å². The number of aryl methyl sites for hydroxylation is 1. The van der Waals surface area contributed by atoms with Crippen LogP contribution in [0.25, 0.3) is 0 Å². The molecule has 1 aromatic rings. The number of aliphatic hydroxyl groups is 1. The first kappa shape index (κ1) is 25.5. The lowest BCUT2D eigenvalue weighted by Crippen LogP contribution is -2.52. The maximum atomic E-state index is 13.4. The van der Waals surface area contributed by atoms with Crippen LogP contribution in [0.15, 0.2) is 24.3 Å². The lowest BCUT2D eigenvalue weighted by molar-refractivity contribution is -0.182. The van der Waals surface area contributed by atoms with Gasteiger partial charge in [0, 0.05) is 12.0 Å². The number of benzene rings is 1. The number of amides is 1. The van der Waals surface area contributed by atoms with E-state index in [1.54, 1.807) is 5.06 Å². The van der Waals surface area contributed by atoms with E-state index in [-0.39, 0.29) is 36.6 Å². The van der Waals surface area contributed by atoms with Crippen molar-refractivity contribution in [2.24, 2.45) is 17.3 Å². The summed E-state index contributed by atoms with van der Waals surface area (Å²) in [7, 11) is 0. The quantitative estimate of drug-likeness (QED) is 0.717. The zero-order valence-corrected chi connectivity index (χ0v) is 19.8. The van der Waals surface area contributed by atoms with Crippen LogP contribution >= 0.6 is 0 Å². The van der Waals surface area contributed by atoms with Crippen molar-refractivity contribution in [3.8, 4) is 0 Å². The largest absolute Gasteiger partial charge is 0.394 e. The van der Waals surface area contributed by atoms with Crippen molar-refractivity contribution >= 4 is 12.7 Å². The molecule has 1 saturated heterocycles. The van der Waals surface area contributed by atoms with E-state index in [9.17, 15) is 9.90 Å². The Labute approximate surface area is 187 Å². The Hall–Kier alpha value is -1.76. The Morgan fingerprint density at radius 1 is 1.35 bits per heavy atom. The number of hydrogen-bond acceptors (Lipinski definition) is 5. The van der Waals surface area contributed by atoms with Gasteiger partial charge in [-0.3, -0.25) is 9.63 Å². The number of hydrogen-bond donors (Lipinski definition) is 2. The molecule has 1 aliphatic carbocycles. The Morgan fingerprint density at radius 3 is 2.65 bits per heavy atom. The molecule has 1 aliphatic heterocycles. The number of hydroxylamine groups is 2. The monoisotopic (exact) mass is 432 g/mol. The molecule has 1 aromatic carbocycles. The molecule has 1 heterocycles. The molecule has 0 spiro atoms. The summed E-state index contributed by atoms with van der Waals surface area (Å²) in [4.78, 5) is 27.5. The summed E-state index contributed by atoms with van der Waals surface area (Å²) in [6.45, 7) is 13.5. The van der Waals surface area contributed by atoms with Crippen molar-refractivity contribution in [2.45, 2.75) is 85.0 Å². The molecule has 31 heavy (non-hydrogen) atoms. The molecule has 2 fully saturated rings. The Morgan fingerprint density at radius 2 is 2.06 bits per heavy atom. The fourth-order valence-electron chi connectivity index (χ4n) is 5.27. The second-order valence-electron chi connectivity index (χ2n) is 9.91. The van der Waals surface area contributed by atoms with Gasteiger partial charge in [-0.05, 0) is 49.5 Å². The van der Waals surface area contributed by atoms with Crippen molar-refractivity contribution in [3.63, 3.8) is 0 Å². The van der Waals surface area contributed by atoms with E-state index >= 15 is 0 Å². The van der Waals surface area contributed by atoms with Gasteiger partial charge in [0.2, 0.25) is 5.91 Å². The fourth-order valence-corrected chi connectivity index (χ4v) is 5.27. The number of rotatable bonds is 6. The Kier molecular flexibility index (Phi) is 9.22. The molecule has 0 aromatic heterocycles. The minimum absolute atomic E-state index is 0.0138. The summed E-state index contributed by atoms with van der Waals surface area (Å²) in [6, 6.07) is 8.11. The van der Waals surface area contributed by atoms with Crippen molar-refractivity contribution < 1.29 is 19.5 Å². The van der Waals surface area contributed by atoms with Crippen LogP contribution in [0.1, 0.15) is 64.5 Å². The summed E-state index contributed by atoms with van der Waals surface area (Å²) in [5, 5.41) is 15.0. The van der Waals surface area contributed by atoms with Crippen molar-refractivity contribution in [1.82, 2.24) is 10.4 Å². The molecule has 0 bridgehead atoms. The lowest BCUT2D eigenvalue weighted by atomic mass is 9.70. The maximum Gasteiger partial charge on any atom is 0.240 e. The molecule has 6 nitrogen and oxygen atoms in total. The second-order valence-corrected chi connectivity index (χ2v) is 9.91. The van der Waals surface area contributed by atoms with E-state index in [2.05, 4.69) is 58.1 Å². The summed E-state index contributed by atoms with van der Waals surface area (Å²) < 4.78 is 0. The van der Waals surface area contributed by atoms with Gasteiger partial charge in [0.25, 0.3) is 0 Å². The summed E-state index contributed by atoms with van der Waals surface area (Å²) in [5.41, 5.74) is 2.65. The van der Waals surface area contributed by atoms with Gasteiger partial charge < -0.3 is 15.2 Å². The van der Waals surface area contributed by atoms with Gasteiger partial charge in [0.05, 0.1) is 13.2 Å². The molecular formula is C25H40N2O4. The van der Waals surface area contributed by atoms with E-state index in [1.165, 1.54) is 5.56 Å². The van der Waals surface area contributed by atoms with Crippen LogP contribution < -0.4 is 5.32 Å². The Bertz CT molecular complexity index is 723. The molecular weight excluding hydrogens is 392 g/mol. The molecule has 2 aliphatic rings. The highest BCUT2D eigenvalue weighted by atomic mass is 16.7. The van der Waals surface area contributed by atoms with Gasteiger partial charge in [-0.25, -0.2) is 0 Å². The summed E-state index contributed by atoms with van der Waals surface area (Å²) in [6.07, 6.45) is 3.74. The highest BCUT2D eigenvalue weighted by Crippen LogP contribution is 2.39. The van der Waals surface area contributed by atoms with Gasteiger partial charge >= 0.3 is 0 Å². The van der Waals surface area contributed by atoms with Crippen LogP contribution in [0.4, 0.5) is 0 Å². The smallest absolute Gasteiger partial charge is 0.240 e. The van der Waals surface area contributed by atoms with E-state index in [4.69, 9.17) is 9.63 Å². The molecule has 0 radical (unpaired) electrons. The third-order valence-electron chi connectivity index (χ3n) is 6.83. The summed E-state index contributed by atoms with van der Waals surface area (Å²) in [5.74, 6) is 0.487. The number of nitrogens with zero attached hydrogens (tertiary/aromatic N) is 1. The maximum absolute atomic E-state index is 13.4. The van der Waals surface area contributed by atoms with E-state index < -0.39 is 0 Å². The molecule has 1 saturated carbocycles. The van der Waals surface area contributed by atoms with Crippen LogP contribution in [0.5, 0.6) is 0 Å². The molecule has 3 unspecified atom stereocenters. The highest BCUT2D eigenvalue weighted by Gasteiger charge is 2.47. The zero-order valence-electron chi connectivity index (χ0n) is 19.8. The molecule has 2 N–H and O–H groups in total. The third-order valence-corrected chi connectivity index (χ3v) is 6.83. The number of nitrogens with one attached hydrogen (secondary N) is 1. The van der Waals surface area contributed by atoms with E-state index in [0.29, 0.717) is 17.9 Å². The molecule has 3 rings (SSSR count). The average Bonchev–Trinajstić information content (AvgIpc) is 3.08. The predicted octanol–water partition coefficient (Wildman–Crippen LogP) is 3.64. The molecule has 6 heteroatoms. The topological polar surface area (TPSA) is 78.9 Å². The minimum atomic E-state index is -0.375. The predicted molar refractivity (Wildman–Crippen MR) is 122 cm³/mol. The van der Waals surface area contributed by atoms with Gasteiger partial charge in [-0.15, -0.1) is 0 Å². The number of carbonyl (C=O) groups excluding carboxylic acids is 2. The van der Waals surface area contributed by atoms with Crippen molar-refractivity contribution in [2.75, 3.05) is 6.61 Å². The standard InChI is InChI=1S/C24H38N2O3.CH2O/c1-6-19-21(15-27)29-26(14-18-9-7-8-16(2)12-18)22(19)23(28)25-20-10-11-24(4,5)13-17(20)3;1-2/h7-9,12,17,19-22,27H,6,10-11,13-15H2,1-5H3,(H,25,28);1H2/t17?,19-,20+,21?,22?;/m1./s1. The van der Waals surface area contributed by atoms with E-state index in [0.717, 1.165) is 31.2 Å². The van der Waals surface area contributed by atoms with Gasteiger partial charge in [-0.1, -0.05) is 57.5 Å². The van der Waals surface area contributed by atoms with Gasteiger partial charge in [0.1, 0.15) is 18.9 Å². The SMILES string of the molecule is C=O.CC[C@@H]1C(CO)ON(Cc2cccc(C)c2)C1C(=O)N[C@H]1CCC(C)(C)CC1C. The summed E-state index contributed by atoms with van der Waals surface area (Å²) >= 11 is 0. The lowest BCUT2D eigenvalue weighted by Gasteiger charge is -2.40. The minimum Gasteiger partial charge on any atom is -0.394 e. The van der Waals surface area contributed by atoms with Crippen LogP contribution in [0.3, 0.4) is 0 Å². The zero-order chi connectivity index (χ0) is 23.2. The molecule has 5 atom stereocenters. The molecule has 174 valence electrons.